The quantitative estimate of drug-likeness (QED) is 0.638. The van der Waals surface area contributed by atoms with E-state index in [2.05, 4.69) is 52.0 Å². The van der Waals surface area contributed by atoms with Gasteiger partial charge in [-0.1, -0.05) is 25.1 Å². The monoisotopic (exact) mass is 343 g/mol. The fourth-order valence-corrected chi connectivity index (χ4v) is 3.51. The second-order valence-corrected chi connectivity index (χ2v) is 6.48. The number of nitrogens with one attached hydrogen (secondary N) is 1. The van der Waals surface area contributed by atoms with Gasteiger partial charge in [-0.25, -0.2) is 0 Å². The summed E-state index contributed by atoms with van der Waals surface area (Å²) in [4.78, 5) is 2.35. The van der Waals surface area contributed by atoms with Gasteiger partial charge in [0.2, 0.25) is 0 Å². The second kappa shape index (κ2) is 5.53. The van der Waals surface area contributed by atoms with Crippen LogP contribution in [0.25, 0.3) is 0 Å². The van der Waals surface area contributed by atoms with Crippen molar-refractivity contribution < 1.29 is 0 Å². The number of rotatable bonds is 2. The van der Waals surface area contributed by atoms with Gasteiger partial charge in [-0.3, -0.25) is 5.41 Å². The number of halogens is 1. The van der Waals surface area contributed by atoms with Crippen LogP contribution in [0.2, 0.25) is 0 Å². The molecule has 3 N–H and O–H groups in total. The van der Waals surface area contributed by atoms with Crippen LogP contribution >= 0.6 is 15.9 Å². The number of nitrogens with two attached hydrogens (primary N) is 1. The van der Waals surface area contributed by atoms with E-state index in [-0.39, 0.29) is 5.84 Å². The first-order valence-electron chi connectivity index (χ1n) is 7.05. The zero-order valence-electron chi connectivity index (χ0n) is 11.9. The Morgan fingerprint density at radius 1 is 1.29 bits per heavy atom. The number of hydrogen-bond acceptors (Lipinski definition) is 2. The summed E-state index contributed by atoms with van der Waals surface area (Å²) in [6.07, 6.45) is 1.12. The fraction of sp³-hybridized carbons (Fsp3) is 0.235. The van der Waals surface area contributed by atoms with E-state index in [4.69, 9.17) is 11.1 Å². The molecule has 1 heterocycles. The van der Waals surface area contributed by atoms with Crippen molar-refractivity contribution in [1.29, 1.82) is 5.41 Å². The number of hydrogen-bond donors (Lipinski definition) is 2. The van der Waals surface area contributed by atoms with Crippen LogP contribution in [0.5, 0.6) is 0 Å². The molecule has 0 aromatic heterocycles. The predicted molar refractivity (Wildman–Crippen MR) is 91.5 cm³/mol. The van der Waals surface area contributed by atoms with E-state index in [0.717, 1.165) is 28.7 Å². The van der Waals surface area contributed by atoms with Gasteiger partial charge in [0.15, 0.2) is 0 Å². The molecule has 0 fully saturated rings. The maximum Gasteiger partial charge on any atom is 0.123 e. The molecule has 0 saturated heterocycles. The lowest BCUT2D eigenvalue weighted by atomic mass is 9.93. The first kappa shape index (κ1) is 14.1. The van der Waals surface area contributed by atoms with Gasteiger partial charge in [-0.05, 0) is 58.1 Å². The molecule has 4 heteroatoms. The predicted octanol–water partition coefficient (Wildman–Crippen LogP) is 4.06. The highest BCUT2D eigenvalue weighted by atomic mass is 79.9. The number of benzene rings is 2. The van der Waals surface area contributed by atoms with Crippen molar-refractivity contribution in [2.24, 2.45) is 11.7 Å². The Labute approximate surface area is 133 Å². The normalized spacial score (nSPS) is 17.4. The molecule has 3 nitrogen and oxygen atoms in total. The van der Waals surface area contributed by atoms with Crippen LogP contribution in [-0.4, -0.2) is 12.4 Å². The van der Waals surface area contributed by atoms with Gasteiger partial charge in [-0.2, -0.15) is 0 Å². The van der Waals surface area contributed by atoms with Crippen LogP contribution in [0.3, 0.4) is 0 Å². The van der Waals surface area contributed by atoms with Gasteiger partial charge in [-0.15, -0.1) is 0 Å². The molecule has 2 aromatic rings. The summed E-state index contributed by atoms with van der Waals surface area (Å²) in [7, 11) is 0. The van der Waals surface area contributed by atoms with E-state index in [1.54, 1.807) is 0 Å². The number of anilines is 2. The third-order valence-corrected chi connectivity index (χ3v) is 4.56. The van der Waals surface area contributed by atoms with Crippen LogP contribution in [0.1, 0.15) is 18.1 Å². The minimum atomic E-state index is 0.0841. The highest BCUT2D eigenvalue weighted by molar-refractivity contribution is 9.10. The lowest BCUT2D eigenvalue weighted by Gasteiger charge is -2.35. The summed E-state index contributed by atoms with van der Waals surface area (Å²) in [6, 6.07) is 14.6. The van der Waals surface area contributed by atoms with Gasteiger partial charge < -0.3 is 10.6 Å². The Morgan fingerprint density at radius 2 is 2.05 bits per heavy atom. The highest BCUT2D eigenvalue weighted by Crippen LogP contribution is 2.36. The number of para-hydroxylation sites is 1. The summed E-state index contributed by atoms with van der Waals surface area (Å²) < 4.78 is 0.864. The average Bonchev–Trinajstić information content (AvgIpc) is 2.45. The van der Waals surface area contributed by atoms with E-state index < -0.39 is 0 Å². The van der Waals surface area contributed by atoms with Crippen molar-refractivity contribution in [1.82, 2.24) is 0 Å². The summed E-state index contributed by atoms with van der Waals surface area (Å²) in [5.74, 6) is 0.701. The molecule has 0 aliphatic carbocycles. The van der Waals surface area contributed by atoms with Gasteiger partial charge in [0.05, 0.1) is 0 Å². The minimum Gasteiger partial charge on any atom is -0.384 e. The molecule has 1 atom stereocenters. The minimum absolute atomic E-state index is 0.0841. The zero-order valence-corrected chi connectivity index (χ0v) is 13.5. The molecule has 3 rings (SSSR count). The molecular formula is C17H18BrN3. The van der Waals surface area contributed by atoms with Gasteiger partial charge in [0, 0.05) is 28.0 Å². The molecule has 0 bridgehead atoms. The van der Waals surface area contributed by atoms with Crippen LogP contribution in [-0.2, 0) is 6.42 Å². The molecule has 1 aliphatic heterocycles. The van der Waals surface area contributed by atoms with Crippen molar-refractivity contribution in [3.8, 4) is 0 Å². The van der Waals surface area contributed by atoms with Crippen molar-refractivity contribution in [2.45, 2.75) is 13.3 Å². The second-order valence-electron chi connectivity index (χ2n) is 5.63. The lowest BCUT2D eigenvalue weighted by Crippen LogP contribution is -2.30. The average molecular weight is 344 g/mol. The van der Waals surface area contributed by atoms with Gasteiger partial charge >= 0.3 is 0 Å². The van der Waals surface area contributed by atoms with Crippen molar-refractivity contribution in [3.05, 3.63) is 58.1 Å². The Kier molecular flexibility index (Phi) is 3.72. The SMILES string of the molecule is CC1Cc2ccccc2N(c2ccc(C(=N)N)c(Br)c2)C1. The molecule has 1 aliphatic rings. The third kappa shape index (κ3) is 2.68. The van der Waals surface area contributed by atoms with Crippen molar-refractivity contribution in [2.75, 3.05) is 11.4 Å². The van der Waals surface area contributed by atoms with Gasteiger partial charge in [0.1, 0.15) is 5.84 Å². The Balaban J connectivity index is 2.05. The molecule has 1 unspecified atom stereocenters. The number of nitrogen functional groups attached to an aromatic ring is 1. The van der Waals surface area contributed by atoms with E-state index in [0.29, 0.717) is 5.92 Å². The van der Waals surface area contributed by atoms with Crippen molar-refractivity contribution >= 4 is 33.1 Å². The fourth-order valence-electron chi connectivity index (χ4n) is 2.93. The zero-order chi connectivity index (χ0) is 15.0. The number of fused-ring (bicyclic) bond motifs is 1. The van der Waals surface area contributed by atoms with E-state index in [9.17, 15) is 0 Å². The Morgan fingerprint density at radius 3 is 2.76 bits per heavy atom. The van der Waals surface area contributed by atoms with Crippen LogP contribution in [0, 0.1) is 11.3 Å². The molecule has 0 amide bonds. The Hall–Kier alpha value is -1.81. The molecule has 2 aromatic carbocycles. The number of nitrogens with zero attached hydrogens (tertiary/aromatic N) is 1. The molecule has 108 valence electrons. The summed E-state index contributed by atoms with van der Waals surface area (Å²) >= 11 is 3.52. The van der Waals surface area contributed by atoms with Crippen LogP contribution in [0.15, 0.2) is 46.9 Å². The smallest absolute Gasteiger partial charge is 0.123 e. The lowest BCUT2D eigenvalue weighted by molar-refractivity contribution is 0.562. The molecule has 21 heavy (non-hydrogen) atoms. The standard InChI is InChI=1S/C17H18BrN3/c1-11-8-12-4-2-3-5-16(12)21(10-11)13-6-7-14(17(19)20)15(18)9-13/h2-7,9,11H,8,10H2,1H3,(H3,19,20). The van der Waals surface area contributed by atoms with Crippen molar-refractivity contribution in [3.63, 3.8) is 0 Å². The maximum absolute atomic E-state index is 7.57. The first-order valence-corrected chi connectivity index (χ1v) is 7.85. The largest absolute Gasteiger partial charge is 0.384 e. The van der Waals surface area contributed by atoms with E-state index >= 15 is 0 Å². The Bertz CT molecular complexity index is 696. The number of amidine groups is 1. The molecule has 0 radical (unpaired) electrons. The van der Waals surface area contributed by atoms with E-state index in [1.165, 1.54) is 11.3 Å². The summed E-state index contributed by atoms with van der Waals surface area (Å²) in [5.41, 5.74) is 10.1. The topological polar surface area (TPSA) is 53.1 Å². The highest BCUT2D eigenvalue weighted by Gasteiger charge is 2.22. The molecule has 0 spiro atoms. The van der Waals surface area contributed by atoms with E-state index in [1.807, 2.05) is 18.2 Å². The first-order chi connectivity index (χ1) is 10.1. The molecule has 0 saturated carbocycles. The summed E-state index contributed by atoms with van der Waals surface area (Å²) in [5, 5.41) is 7.57. The third-order valence-electron chi connectivity index (χ3n) is 3.90. The maximum atomic E-state index is 7.57. The van der Waals surface area contributed by atoms with Crippen LogP contribution in [0.4, 0.5) is 11.4 Å². The van der Waals surface area contributed by atoms with Gasteiger partial charge in [0.25, 0.3) is 0 Å². The van der Waals surface area contributed by atoms with Crippen LogP contribution < -0.4 is 10.6 Å². The summed E-state index contributed by atoms with van der Waals surface area (Å²) in [6.45, 7) is 3.28. The molecular weight excluding hydrogens is 326 g/mol.